The first kappa shape index (κ1) is 26.6. The van der Waals surface area contributed by atoms with Gasteiger partial charge in [-0.05, 0) is 83.4 Å². The van der Waals surface area contributed by atoms with Crippen LogP contribution in [0.5, 0.6) is 0 Å². The number of hydrogen-bond donors (Lipinski definition) is 3. The normalized spacial score (nSPS) is 11.5. The standard InChI is InChI=1S/C38H26N4O2/c39-24-30(38(43)44)21-25-9-15-31(16-10-25)42(32-17-11-26(12-18-32)36-22-28-5-1-3-7-34(28)40-36)33-19-13-27(14-20-33)37-23-29-6-2-4-8-35(29)41-37/h1-23,40-41H,(H,43,44)/b30-21-. The number of nitrogens with one attached hydrogen (secondary N) is 2. The summed E-state index contributed by atoms with van der Waals surface area (Å²) < 4.78 is 0. The van der Waals surface area contributed by atoms with Crippen molar-refractivity contribution in [2.24, 2.45) is 0 Å². The largest absolute Gasteiger partial charge is 0.477 e. The number of aromatic nitrogens is 2. The summed E-state index contributed by atoms with van der Waals surface area (Å²) in [6.07, 6.45) is 1.38. The number of carboxylic acid groups (broad SMARTS) is 1. The number of H-pyrrole nitrogens is 2. The van der Waals surface area contributed by atoms with Crippen LogP contribution in [-0.4, -0.2) is 21.0 Å². The third-order valence-electron chi connectivity index (χ3n) is 7.75. The number of nitriles is 1. The van der Waals surface area contributed by atoms with Crippen LogP contribution in [0.2, 0.25) is 0 Å². The van der Waals surface area contributed by atoms with Crippen molar-refractivity contribution in [3.8, 4) is 28.6 Å². The van der Waals surface area contributed by atoms with Gasteiger partial charge in [0.2, 0.25) is 0 Å². The molecule has 0 spiro atoms. The van der Waals surface area contributed by atoms with Gasteiger partial charge in [0, 0.05) is 50.3 Å². The molecule has 5 aromatic carbocycles. The van der Waals surface area contributed by atoms with E-state index in [1.54, 1.807) is 6.07 Å². The number of benzene rings is 5. The Morgan fingerprint density at radius 3 is 1.48 bits per heavy atom. The van der Waals surface area contributed by atoms with E-state index in [9.17, 15) is 15.2 Å². The quantitative estimate of drug-likeness (QED) is 0.131. The third kappa shape index (κ3) is 5.11. The van der Waals surface area contributed by atoms with Gasteiger partial charge in [0.05, 0.1) is 0 Å². The maximum absolute atomic E-state index is 11.3. The Hall–Kier alpha value is -6.32. The van der Waals surface area contributed by atoms with Crippen LogP contribution in [-0.2, 0) is 4.79 Å². The van der Waals surface area contributed by atoms with E-state index in [1.807, 2.05) is 48.5 Å². The smallest absolute Gasteiger partial charge is 0.346 e. The van der Waals surface area contributed by atoms with Gasteiger partial charge in [-0.25, -0.2) is 4.79 Å². The number of fused-ring (bicyclic) bond motifs is 2. The van der Waals surface area contributed by atoms with Gasteiger partial charge in [0.15, 0.2) is 0 Å². The van der Waals surface area contributed by atoms with E-state index < -0.39 is 5.97 Å². The predicted molar refractivity (Wildman–Crippen MR) is 177 cm³/mol. The van der Waals surface area contributed by atoms with Crippen molar-refractivity contribution in [1.82, 2.24) is 9.97 Å². The highest BCUT2D eigenvalue weighted by atomic mass is 16.4. The van der Waals surface area contributed by atoms with Gasteiger partial charge in [0.25, 0.3) is 0 Å². The zero-order valence-corrected chi connectivity index (χ0v) is 23.5. The second kappa shape index (κ2) is 11.2. The number of hydrogen-bond acceptors (Lipinski definition) is 3. The number of aromatic amines is 2. The fraction of sp³-hybridized carbons (Fsp3) is 0. The molecule has 0 radical (unpaired) electrons. The molecule has 0 aliphatic carbocycles. The first-order chi connectivity index (χ1) is 21.6. The Labute approximate surface area is 253 Å². The summed E-state index contributed by atoms with van der Waals surface area (Å²) in [4.78, 5) is 20.5. The third-order valence-corrected chi connectivity index (χ3v) is 7.75. The van der Waals surface area contributed by atoms with Crippen LogP contribution >= 0.6 is 0 Å². The number of rotatable bonds is 7. The molecule has 0 fully saturated rings. The minimum atomic E-state index is -1.25. The first-order valence-electron chi connectivity index (χ1n) is 14.2. The maximum atomic E-state index is 11.3. The fourth-order valence-electron chi connectivity index (χ4n) is 5.51. The molecule has 0 saturated heterocycles. The lowest BCUT2D eigenvalue weighted by Crippen LogP contribution is -2.09. The molecule has 6 heteroatoms. The molecule has 44 heavy (non-hydrogen) atoms. The molecule has 210 valence electrons. The van der Waals surface area contributed by atoms with E-state index in [1.165, 1.54) is 16.8 Å². The number of carboxylic acids is 1. The molecule has 3 N–H and O–H groups in total. The predicted octanol–water partition coefficient (Wildman–Crippen LogP) is 9.44. The lowest BCUT2D eigenvalue weighted by Gasteiger charge is -2.26. The van der Waals surface area contributed by atoms with Crippen LogP contribution in [0.15, 0.2) is 139 Å². The second-order valence-electron chi connectivity index (χ2n) is 10.5. The number of anilines is 3. The van der Waals surface area contributed by atoms with Gasteiger partial charge in [-0.3, -0.25) is 0 Å². The zero-order chi connectivity index (χ0) is 30.0. The highest BCUT2D eigenvalue weighted by Crippen LogP contribution is 2.37. The molecule has 2 aromatic heterocycles. The number of aliphatic carboxylic acids is 1. The van der Waals surface area contributed by atoms with Gasteiger partial charge < -0.3 is 20.0 Å². The van der Waals surface area contributed by atoms with Gasteiger partial charge >= 0.3 is 5.97 Å². The van der Waals surface area contributed by atoms with Gasteiger partial charge in [-0.15, -0.1) is 0 Å². The number of para-hydroxylation sites is 2. The molecule has 0 aliphatic rings. The van der Waals surface area contributed by atoms with E-state index in [-0.39, 0.29) is 5.57 Å². The summed E-state index contributed by atoms with van der Waals surface area (Å²) in [7, 11) is 0. The summed E-state index contributed by atoms with van der Waals surface area (Å²) in [5, 5.41) is 20.8. The van der Waals surface area contributed by atoms with Crippen molar-refractivity contribution in [1.29, 1.82) is 5.26 Å². The molecule has 0 amide bonds. The average molecular weight is 571 g/mol. The first-order valence-corrected chi connectivity index (χ1v) is 14.2. The Balaban J connectivity index is 1.26. The summed E-state index contributed by atoms with van der Waals surface area (Å²) >= 11 is 0. The average Bonchev–Trinajstić information content (AvgIpc) is 3.70. The molecule has 7 rings (SSSR count). The van der Waals surface area contributed by atoms with Crippen LogP contribution in [0, 0.1) is 11.3 Å². The van der Waals surface area contributed by atoms with Crippen LogP contribution in [0.4, 0.5) is 17.1 Å². The van der Waals surface area contributed by atoms with Crippen molar-refractivity contribution >= 4 is 50.9 Å². The maximum Gasteiger partial charge on any atom is 0.346 e. The summed E-state index contributed by atoms with van der Waals surface area (Å²) in [6.45, 7) is 0. The Bertz CT molecular complexity index is 2010. The summed E-state index contributed by atoms with van der Waals surface area (Å²) in [5.74, 6) is -1.25. The molecule has 7 aromatic rings. The minimum absolute atomic E-state index is 0.310. The van der Waals surface area contributed by atoms with E-state index in [4.69, 9.17) is 0 Å². The lowest BCUT2D eigenvalue weighted by atomic mass is 10.1. The number of nitrogens with zero attached hydrogens (tertiary/aromatic N) is 2. The van der Waals surface area contributed by atoms with Crippen molar-refractivity contribution in [2.45, 2.75) is 0 Å². The molecule has 0 unspecified atom stereocenters. The Morgan fingerprint density at radius 1 is 0.636 bits per heavy atom. The monoisotopic (exact) mass is 570 g/mol. The lowest BCUT2D eigenvalue weighted by molar-refractivity contribution is -0.132. The molecular weight excluding hydrogens is 544 g/mol. The van der Waals surface area contributed by atoms with E-state index in [2.05, 4.69) is 99.8 Å². The van der Waals surface area contributed by atoms with Crippen molar-refractivity contribution < 1.29 is 9.90 Å². The van der Waals surface area contributed by atoms with E-state index in [0.717, 1.165) is 50.6 Å². The fourth-order valence-corrected chi connectivity index (χ4v) is 5.51. The molecule has 0 bridgehead atoms. The van der Waals surface area contributed by atoms with Crippen LogP contribution in [0.1, 0.15) is 5.56 Å². The Kier molecular flexibility index (Phi) is 6.74. The van der Waals surface area contributed by atoms with Crippen LogP contribution < -0.4 is 4.90 Å². The number of carbonyl (C=O) groups is 1. The van der Waals surface area contributed by atoms with Crippen molar-refractivity contribution in [3.05, 3.63) is 145 Å². The molecule has 0 atom stereocenters. The summed E-state index contributed by atoms with van der Waals surface area (Å²) in [6, 6.07) is 46.8. The second-order valence-corrected chi connectivity index (χ2v) is 10.5. The van der Waals surface area contributed by atoms with Crippen molar-refractivity contribution in [3.63, 3.8) is 0 Å². The zero-order valence-electron chi connectivity index (χ0n) is 23.5. The topological polar surface area (TPSA) is 95.9 Å². The van der Waals surface area contributed by atoms with Gasteiger partial charge in [0.1, 0.15) is 11.6 Å². The Morgan fingerprint density at radius 2 is 1.07 bits per heavy atom. The van der Waals surface area contributed by atoms with Crippen LogP contribution in [0.25, 0.3) is 50.4 Å². The molecule has 6 nitrogen and oxygen atoms in total. The van der Waals surface area contributed by atoms with Gasteiger partial charge in [-0.1, -0.05) is 72.8 Å². The van der Waals surface area contributed by atoms with Crippen LogP contribution in [0.3, 0.4) is 0 Å². The van der Waals surface area contributed by atoms with E-state index in [0.29, 0.717) is 5.56 Å². The molecule has 0 aliphatic heterocycles. The van der Waals surface area contributed by atoms with E-state index >= 15 is 0 Å². The molecule has 0 saturated carbocycles. The molecular formula is C38H26N4O2. The highest BCUT2D eigenvalue weighted by molar-refractivity contribution is 5.96. The van der Waals surface area contributed by atoms with Gasteiger partial charge in [-0.2, -0.15) is 5.26 Å². The minimum Gasteiger partial charge on any atom is -0.477 e. The SMILES string of the molecule is N#C/C(=C/c1ccc(N(c2ccc(-c3cc4ccccc4[nH]3)cc2)c2ccc(-c3cc4ccccc4[nH]3)cc2)cc1)C(=O)O. The summed E-state index contributed by atoms with van der Waals surface area (Å²) in [5.41, 5.74) is 9.61. The van der Waals surface area contributed by atoms with Crippen molar-refractivity contribution in [2.75, 3.05) is 4.90 Å². The molecule has 2 heterocycles. The highest BCUT2D eigenvalue weighted by Gasteiger charge is 2.15.